The number of ether oxygens (including phenoxy) is 1. The second kappa shape index (κ2) is 6.09. The van der Waals surface area contributed by atoms with Crippen molar-refractivity contribution in [3.8, 4) is 0 Å². The summed E-state index contributed by atoms with van der Waals surface area (Å²) < 4.78 is 9.92. The van der Waals surface area contributed by atoms with Crippen LogP contribution in [-0.4, -0.2) is 32.2 Å². The molecule has 3 heterocycles. The first kappa shape index (κ1) is 14.9. The van der Waals surface area contributed by atoms with Crippen molar-refractivity contribution in [3.63, 3.8) is 0 Å². The standard InChI is InChI=1S/C17H25N5O/c1-12-9-21(2)20-16(12)8-18-15-5-6-23-17(15)14-7-19-22(11-14)10-13-3-4-13/h7,9,11,13,15,17-18H,3-6,8,10H2,1-2H3/t15-,17+/m1/s1. The number of hydrogen-bond acceptors (Lipinski definition) is 4. The minimum Gasteiger partial charge on any atom is -0.372 e. The average molecular weight is 315 g/mol. The third-order valence-corrected chi connectivity index (χ3v) is 4.86. The van der Waals surface area contributed by atoms with Gasteiger partial charge < -0.3 is 10.1 Å². The van der Waals surface area contributed by atoms with Gasteiger partial charge in [-0.1, -0.05) is 0 Å². The minimum absolute atomic E-state index is 0.104. The van der Waals surface area contributed by atoms with Gasteiger partial charge in [-0.2, -0.15) is 10.2 Å². The molecule has 4 rings (SSSR count). The lowest BCUT2D eigenvalue weighted by molar-refractivity contribution is 0.0983. The van der Waals surface area contributed by atoms with E-state index in [0.717, 1.165) is 37.7 Å². The minimum atomic E-state index is 0.104. The molecule has 1 aliphatic carbocycles. The molecule has 1 saturated carbocycles. The summed E-state index contributed by atoms with van der Waals surface area (Å²) in [6, 6.07) is 0.329. The zero-order valence-electron chi connectivity index (χ0n) is 13.9. The van der Waals surface area contributed by atoms with Gasteiger partial charge in [-0.05, 0) is 37.7 Å². The van der Waals surface area contributed by atoms with Gasteiger partial charge in [0, 0.05) is 50.7 Å². The van der Waals surface area contributed by atoms with Crippen molar-refractivity contribution in [1.82, 2.24) is 24.9 Å². The summed E-state index contributed by atoms with van der Waals surface area (Å²) in [5, 5.41) is 12.6. The molecule has 1 N–H and O–H groups in total. The molecule has 2 aromatic rings. The number of nitrogens with zero attached hydrogens (tertiary/aromatic N) is 4. The summed E-state index contributed by atoms with van der Waals surface area (Å²) in [4.78, 5) is 0. The second-order valence-electron chi connectivity index (χ2n) is 6.94. The molecule has 0 bridgehead atoms. The Hall–Kier alpha value is -1.66. The van der Waals surface area contributed by atoms with Gasteiger partial charge in [-0.15, -0.1) is 0 Å². The van der Waals surface area contributed by atoms with Crippen LogP contribution in [-0.2, 0) is 24.9 Å². The summed E-state index contributed by atoms with van der Waals surface area (Å²) >= 11 is 0. The van der Waals surface area contributed by atoms with Gasteiger partial charge >= 0.3 is 0 Å². The van der Waals surface area contributed by atoms with E-state index in [0.29, 0.717) is 6.04 Å². The molecule has 1 saturated heterocycles. The van der Waals surface area contributed by atoms with Crippen molar-refractivity contribution >= 4 is 0 Å². The van der Waals surface area contributed by atoms with Crippen LogP contribution in [0.15, 0.2) is 18.6 Å². The third kappa shape index (κ3) is 3.33. The number of hydrogen-bond donors (Lipinski definition) is 1. The van der Waals surface area contributed by atoms with Crippen LogP contribution in [0.2, 0.25) is 0 Å². The second-order valence-corrected chi connectivity index (χ2v) is 6.94. The van der Waals surface area contributed by atoms with Crippen molar-refractivity contribution in [3.05, 3.63) is 35.4 Å². The molecule has 124 valence electrons. The highest BCUT2D eigenvalue weighted by atomic mass is 16.5. The molecule has 6 heteroatoms. The molecule has 0 unspecified atom stereocenters. The Bertz CT molecular complexity index is 672. The van der Waals surface area contributed by atoms with E-state index < -0.39 is 0 Å². The molecule has 6 nitrogen and oxygen atoms in total. The SMILES string of the molecule is Cc1cn(C)nc1CN[C@@H]1CCO[C@H]1c1cnn(CC2CC2)c1. The van der Waals surface area contributed by atoms with Crippen LogP contribution in [0.25, 0.3) is 0 Å². The quantitative estimate of drug-likeness (QED) is 0.885. The first-order valence-corrected chi connectivity index (χ1v) is 8.55. The van der Waals surface area contributed by atoms with E-state index in [2.05, 4.69) is 39.5 Å². The molecule has 2 fully saturated rings. The summed E-state index contributed by atoms with van der Waals surface area (Å²) in [6.45, 7) is 4.75. The first-order valence-electron chi connectivity index (χ1n) is 8.55. The molecule has 23 heavy (non-hydrogen) atoms. The summed E-state index contributed by atoms with van der Waals surface area (Å²) in [5.74, 6) is 0.841. The summed E-state index contributed by atoms with van der Waals surface area (Å²) in [6.07, 6.45) is 10.0. The average Bonchev–Trinajstić information content (AvgIpc) is 2.91. The number of nitrogens with one attached hydrogen (secondary N) is 1. The number of aromatic nitrogens is 4. The van der Waals surface area contributed by atoms with Crippen LogP contribution < -0.4 is 5.32 Å². The maximum atomic E-state index is 5.97. The van der Waals surface area contributed by atoms with E-state index in [1.807, 2.05) is 17.9 Å². The van der Waals surface area contributed by atoms with Gasteiger partial charge in [-0.25, -0.2) is 0 Å². The third-order valence-electron chi connectivity index (χ3n) is 4.86. The molecular weight excluding hydrogens is 290 g/mol. The molecular formula is C17H25N5O. The Kier molecular flexibility index (Phi) is 3.95. The molecule has 0 aromatic carbocycles. The zero-order chi connectivity index (χ0) is 15.8. The van der Waals surface area contributed by atoms with Crippen molar-refractivity contribution in [1.29, 1.82) is 0 Å². The fourth-order valence-electron chi connectivity index (χ4n) is 3.37. The van der Waals surface area contributed by atoms with Gasteiger partial charge in [0.15, 0.2) is 0 Å². The van der Waals surface area contributed by atoms with Crippen molar-refractivity contribution < 1.29 is 4.74 Å². The zero-order valence-corrected chi connectivity index (χ0v) is 13.9. The van der Waals surface area contributed by atoms with Crippen LogP contribution >= 0.6 is 0 Å². The molecule has 0 spiro atoms. The smallest absolute Gasteiger partial charge is 0.101 e. The molecule has 0 amide bonds. The van der Waals surface area contributed by atoms with E-state index in [4.69, 9.17) is 4.74 Å². The molecule has 1 aliphatic heterocycles. The monoisotopic (exact) mass is 315 g/mol. The van der Waals surface area contributed by atoms with E-state index in [-0.39, 0.29) is 6.10 Å². The van der Waals surface area contributed by atoms with Crippen LogP contribution in [0.4, 0.5) is 0 Å². The Morgan fingerprint density at radius 1 is 1.30 bits per heavy atom. The van der Waals surface area contributed by atoms with Gasteiger partial charge in [0.2, 0.25) is 0 Å². The summed E-state index contributed by atoms with van der Waals surface area (Å²) in [7, 11) is 1.96. The van der Waals surface area contributed by atoms with E-state index >= 15 is 0 Å². The van der Waals surface area contributed by atoms with Crippen LogP contribution in [0.1, 0.15) is 42.2 Å². The Labute approximate surface area is 136 Å². The first-order chi connectivity index (χ1) is 11.2. The van der Waals surface area contributed by atoms with Crippen LogP contribution in [0.3, 0.4) is 0 Å². The maximum Gasteiger partial charge on any atom is 0.101 e. The fraction of sp³-hybridized carbons (Fsp3) is 0.647. The maximum absolute atomic E-state index is 5.97. The van der Waals surface area contributed by atoms with Crippen molar-refractivity contribution in [2.45, 2.75) is 51.4 Å². The highest BCUT2D eigenvalue weighted by Crippen LogP contribution is 2.32. The van der Waals surface area contributed by atoms with E-state index in [1.165, 1.54) is 24.0 Å². The van der Waals surface area contributed by atoms with E-state index in [9.17, 15) is 0 Å². The van der Waals surface area contributed by atoms with Gasteiger partial charge in [0.25, 0.3) is 0 Å². The Morgan fingerprint density at radius 3 is 2.91 bits per heavy atom. The predicted octanol–water partition coefficient (Wildman–Crippen LogP) is 1.95. The summed E-state index contributed by atoms with van der Waals surface area (Å²) in [5.41, 5.74) is 3.54. The van der Waals surface area contributed by atoms with Crippen molar-refractivity contribution in [2.24, 2.45) is 13.0 Å². The molecule has 2 aromatic heterocycles. The van der Waals surface area contributed by atoms with Crippen molar-refractivity contribution in [2.75, 3.05) is 6.61 Å². The lowest BCUT2D eigenvalue weighted by Crippen LogP contribution is -2.31. The van der Waals surface area contributed by atoms with Gasteiger partial charge in [0.1, 0.15) is 6.10 Å². The highest BCUT2D eigenvalue weighted by molar-refractivity contribution is 5.16. The fourth-order valence-corrected chi connectivity index (χ4v) is 3.37. The Morgan fingerprint density at radius 2 is 2.17 bits per heavy atom. The normalized spacial score (nSPS) is 24.4. The topological polar surface area (TPSA) is 56.9 Å². The predicted molar refractivity (Wildman–Crippen MR) is 86.8 cm³/mol. The molecule has 2 atom stereocenters. The van der Waals surface area contributed by atoms with Gasteiger partial charge in [-0.3, -0.25) is 9.36 Å². The Balaban J connectivity index is 1.39. The molecule has 0 radical (unpaired) electrons. The highest BCUT2D eigenvalue weighted by Gasteiger charge is 2.31. The number of aryl methyl sites for hydroxylation is 2. The molecule has 2 aliphatic rings. The largest absolute Gasteiger partial charge is 0.372 e. The lowest BCUT2D eigenvalue weighted by Gasteiger charge is -2.18. The van der Waals surface area contributed by atoms with Crippen LogP contribution in [0, 0.1) is 12.8 Å². The van der Waals surface area contributed by atoms with Crippen LogP contribution in [0.5, 0.6) is 0 Å². The number of rotatable bonds is 6. The van der Waals surface area contributed by atoms with Gasteiger partial charge in [0.05, 0.1) is 11.9 Å². The van der Waals surface area contributed by atoms with E-state index in [1.54, 1.807) is 0 Å². The lowest BCUT2D eigenvalue weighted by atomic mass is 10.1.